The maximum absolute atomic E-state index is 14.6. The molecule has 2 aliphatic heterocycles. The van der Waals surface area contributed by atoms with Crippen LogP contribution in [0.4, 0.5) is 9.59 Å². The average Bonchev–Trinajstić information content (AvgIpc) is 4.13. The van der Waals surface area contributed by atoms with E-state index in [2.05, 4.69) is 80.1 Å². The number of carbonyl (C=O) groups excluding carboxylic acids is 4. The van der Waals surface area contributed by atoms with Crippen LogP contribution in [-0.4, -0.2) is 92.6 Å². The number of amides is 4. The van der Waals surface area contributed by atoms with Crippen LogP contribution >= 0.6 is 0 Å². The minimum atomic E-state index is -0.699. The van der Waals surface area contributed by atoms with E-state index in [1.807, 2.05) is 38.7 Å². The van der Waals surface area contributed by atoms with Crippen molar-refractivity contribution in [1.29, 1.82) is 0 Å². The van der Waals surface area contributed by atoms with Crippen molar-refractivity contribution in [3.8, 4) is 11.1 Å². The zero-order chi connectivity index (χ0) is 45.3. The van der Waals surface area contributed by atoms with Crippen molar-refractivity contribution >= 4 is 67.6 Å². The molecule has 4 aliphatic rings. The second-order valence-electron chi connectivity index (χ2n) is 19.7. The zero-order valence-corrected chi connectivity index (χ0v) is 38.1. The summed E-state index contributed by atoms with van der Waals surface area (Å²) in [7, 11) is 2.63. The summed E-state index contributed by atoms with van der Waals surface area (Å²) in [5.41, 5.74) is 5.75. The predicted molar refractivity (Wildman–Crippen MR) is 250 cm³/mol. The summed E-state index contributed by atoms with van der Waals surface area (Å²) in [6, 6.07) is 19.6. The average molecular weight is 881 g/mol. The summed E-state index contributed by atoms with van der Waals surface area (Å²) < 4.78 is 9.76. The van der Waals surface area contributed by atoms with E-state index >= 15 is 0 Å². The fourth-order valence-corrected chi connectivity index (χ4v) is 11.6. The highest BCUT2D eigenvalue weighted by atomic mass is 16.5. The number of nitrogens with one attached hydrogen (secondary N) is 4. The van der Waals surface area contributed by atoms with Crippen LogP contribution in [0.5, 0.6) is 0 Å². The lowest BCUT2D eigenvalue weighted by Gasteiger charge is -2.36. The lowest BCUT2D eigenvalue weighted by molar-refractivity contribution is -0.138. The fraction of sp³-hybridized carbons (Fsp3) is 0.490. The van der Waals surface area contributed by atoms with E-state index in [4.69, 9.17) is 19.4 Å². The molecule has 2 saturated carbocycles. The Morgan fingerprint density at radius 1 is 0.631 bits per heavy atom. The largest absolute Gasteiger partial charge is 0.453 e. The number of imidazole rings is 2. The molecule has 7 atom stereocenters. The Morgan fingerprint density at radius 2 is 1.18 bits per heavy atom. The summed E-state index contributed by atoms with van der Waals surface area (Å²) in [6.07, 6.45) is 7.29. The van der Waals surface area contributed by atoms with Crippen LogP contribution in [0.15, 0.2) is 60.7 Å². The van der Waals surface area contributed by atoms with Crippen molar-refractivity contribution in [1.82, 2.24) is 40.4 Å². The number of aromatic amines is 2. The van der Waals surface area contributed by atoms with Crippen LogP contribution in [0.3, 0.4) is 0 Å². The van der Waals surface area contributed by atoms with E-state index < -0.39 is 24.3 Å². The van der Waals surface area contributed by atoms with Crippen LogP contribution in [0, 0.1) is 29.6 Å². The molecule has 4 heterocycles. The molecule has 2 aliphatic carbocycles. The molecule has 65 heavy (non-hydrogen) atoms. The van der Waals surface area contributed by atoms with E-state index in [0.29, 0.717) is 18.4 Å². The number of hydrogen-bond donors (Lipinski definition) is 4. The number of likely N-dealkylation sites (tertiary alicyclic amines) is 2. The Hall–Kier alpha value is -6.18. The molecule has 4 fully saturated rings. The number of ether oxygens (including phenoxy) is 2. The van der Waals surface area contributed by atoms with Crippen LogP contribution in [0.1, 0.15) is 103 Å². The van der Waals surface area contributed by atoms with Gasteiger partial charge in [0.2, 0.25) is 11.8 Å². The van der Waals surface area contributed by atoms with Gasteiger partial charge in [0.05, 0.1) is 48.4 Å². The maximum Gasteiger partial charge on any atom is 0.407 e. The van der Waals surface area contributed by atoms with Crippen molar-refractivity contribution in [2.24, 2.45) is 29.6 Å². The van der Waals surface area contributed by atoms with Crippen LogP contribution in [-0.2, 0) is 19.1 Å². The molecule has 10 rings (SSSR count). The lowest BCUT2D eigenvalue weighted by Crippen LogP contribution is -2.53. The number of alkyl carbamates (subject to hydrolysis) is 2. The molecule has 0 radical (unpaired) electrons. The van der Waals surface area contributed by atoms with E-state index in [0.717, 1.165) is 104 Å². The zero-order valence-electron chi connectivity index (χ0n) is 38.1. The highest BCUT2D eigenvalue weighted by Gasteiger charge is 2.53. The standard InChI is InChI=1S/C51H60N8O6/c1-26(2)42(56-50(62)64-5)48(60)58-20-8-11-39(58)46-52-37-18-14-31-21-29(12-16-35(31)44(37)54-46)30-13-17-36-32(22-30)15-19-38-45(36)55-47(53-38)41-25-34-23-33(28-9-7-10-28)24-40(34)59(41)49(61)43(27(3)4)57-51(63)65-6/h12-19,21-22,26-28,33-34,39-43H,7-11,20,23-25H2,1-6H3,(H,52,54)(H,53,55)(H,56,62)(H,57,63)/t33?,34-,39-,40-,41-,42-,43-/m0/s1. The molecule has 0 bridgehead atoms. The van der Waals surface area contributed by atoms with Crippen molar-refractivity contribution in [2.45, 2.75) is 109 Å². The second-order valence-corrected chi connectivity index (χ2v) is 19.7. The third-order valence-corrected chi connectivity index (χ3v) is 15.3. The Bertz CT molecular complexity index is 2830. The minimum absolute atomic E-state index is 0.0604. The summed E-state index contributed by atoms with van der Waals surface area (Å²) in [4.78, 5) is 74.3. The van der Waals surface area contributed by atoms with Gasteiger partial charge >= 0.3 is 12.2 Å². The summed E-state index contributed by atoms with van der Waals surface area (Å²) in [6.45, 7) is 8.35. The van der Waals surface area contributed by atoms with Gasteiger partial charge in [-0.1, -0.05) is 83.4 Å². The monoisotopic (exact) mass is 880 g/mol. The Morgan fingerprint density at radius 3 is 1.71 bits per heavy atom. The van der Waals surface area contributed by atoms with Crippen molar-refractivity contribution in [2.75, 3.05) is 20.8 Å². The Balaban J connectivity index is 0.923. The normalized spacial score (nSPS) is 23.1. The van der Waals surface area contributed by atoms with Gasteiger partial charge in [-0.15, -0.1) is 0 Å². The number of rotatable bonds is 10. The molecule has 1 unspecified atom stereocenters. The second kappa shape index (κ2) is 17.0. The molecule has 4 N–H and O–H groups in total. The SMILES string of the molecule is COC(=O)N[C@H](C(=O)N1CCC[C@H]1c1nc2ccc3cc(-c4ccc5c(ccc6nc([C@@H]7C[C@@H]8CC(C9CCC9)C[C@@H]8N7C(=O)[C@@H](NC(=O)OC)C(C)C)[nH]c65)c4)ccc3c2[nH]1)C(C)C. The number of H-pyrrole nitrogens is 2. The van der Waals surface area contributed by atoms with Crippen molar-refractivity contribution < 1.29 is 28.7 Å². The number of fused-ring (bicyclic) bond motifs is 7. The number of nitrogens with zero attached hydrogens (tertiary/aromatic N) is 4. The van der Waals surface area contributed by atoms with E-state index in [1.54, 1.807) is 0 Å². The third kappa shape index (κ3) is 7.61. The first kappa shape index (κ1) is 42.8. The smallest absolute Gasteiger partial charge is 0.407 e. The van der Waals surface area contributed by atoms with Crippen LogP contribution in [0.2, 0.25) is 0 Å². The predicted octanol–water partition coefficient (Wildman–Crippen LogP) is 9.31. The van der Waals surface area contributed by atoms with E-state index in [9.17, 15) is 19.2 Å². The topological polar surface area (TPSA) is 175 Å². The van der Waals surface area contributed by atoms with Gasteiger partial charge in [0.1, 0.15) is 23.7 Å². The van der Waals surface area contributed by atoms with Crippen LogP contribution < -0.4 is 10.6 Å². The summed E-state index contributed by atoms with van der Waals surface area (Å²) >= 11 is 0. The maximum atomic E-state index is 14.6. The lowest BCUT2D eigenvalue weighted by atomic mass is 9.74. The highest BCUT2D eigenvalue weighted by molar-refractivity contribution is 6.07. The first-order valence-corrected chi connectivity index (χ1v) is 23.6. The molecule has 0 spiro atoms. The number of methoxy groups -OCH3 is 2. The number of aromatic nitrogens is 4. The molecular formula is C51H60N8O6. The van der Waals surface area contributed by atoms with Gasteiger partial charge < -0.3 is 39.9 Å². The van der Waals surface area contributed by atoms with Gasteiger partial charge in [0, 0.05) is 23.4 Å². The third-order valence-electron chi connectivity index (χ3n) is 15.3. The van der Waals surface area contributed by atoms with Gasteiger partial charge in [0.15, 0.2) is 0 Å². The fourth-order valence-electron chi connectivity index (χ4n) is 11.6. The number of carbonyl (C=O) groups is 4. The summed E-state index contributed by atoms with van der Waals surface area (Å²) in [5, 5.41) is 9.84. The molecule has 4 amide bonds. The first-order valence-electron chi connectivity index (χ1n) is 23.6. The van der Waals surface area contributed by atoms with Crippen molar-refractivity contribution in [3.05, 3.63) is 72.3 Å². The van der Waals surface area contributed by atoms with Gasteiger partial charge in [-0.3, -0.25) is 9.59 Å². The van der Waals surface area contributed by atoms with Gasteiger partial charge in [-0.2, -0.15) is 0 Å². The minimum Gasteiger partial charge on any atom is -0.453 e. The summed E-state index contributed by atoms with van der Waals surface area (Å²) in [5.74, 6) is 2.92. The van der Waals surface area contributed by atoms with E-state index in [-0.39, 0.29) is 41.8 Å². The molecule has 14 nitrogen and oxygen atoms in total. The highest BCUT2D eigenvalue weighted by Crippen LogP contribution is 2.54. The van der Waals surface area contributed by atoms with E-state index in [1.165, 1.54) is 33.5 Å². The molecule has 4 aromatic carbocycles. The number of benzene rings is 4. The Kier molecular flexibility index (Phi) is 11.2. The van der Waals surface area contributed by atoms with Crippen molar-refractivity contribution in [3.63, 3.8) is 0 Å². The van der Waals surface area contributed by atoms with Gasteiger partial charge in [-0.05, 0) is 108 Å². The molecule has 2 aromatic heterocycles. The van der Waals surface area contributed by atoms with Gasteiger partial charge in [-0.25, -0.2) is 19.6 Å². The molecular weight excluding hydrogens is 821 g/mol. The van der Waals surface area contributed by atoms with Gasteiger partial charge in [0.25, 0.3) is 0 Å². The molecule has 2 saturated heterocycles. The Labute approximate surface area is 378 Å². The molecule has 14 heteroatoms. The quantitative estimate of drug-likeness (QED) is 0.105. The molecule has 6 aromatic rings. The number of hydrogen-bond acceptors (Lipinski definition) is 8. The first-order chi connectivity index (χ1) is 31.4. The van der Waals surface area contributed by atoms with Crippen LogP contribution in [0.25, 0.3) is 54.7 Å². The molecule has 340 valence electrons.